The summed E-state index contributed by atoms with van der Waals surface area (Å²) in [5.74, 6) is 0.667. The number of rotatable bonds is 3. The first kappa shape index (κ1) is 12.9. The lowest BCUT2D eigenvalue weighted by Crippen LogP contribution is -2.00. The van der Waals surface area contributed by atoms with E-state index in [0.29, 0.717) is 18.0 Å². The van der Waals surface area contributed by atoms with Crippen molar-refractivity contribution < 1.29 is 9.13 Å². The molecular formula is C14H13ClFNO. The topological polar surface area (TPSA) is 35.2 Å². The molecule has 0 unspecified atom stereocenters. The number of benzene rings is 2. The van der Waals surface area contributed by atoms with Crippen LogP contribution in [0.3, 0.4) is 0 Å². The monoisotopic (exact) mass is 265 g/mol. The minimum absolute atomic E-state index is 0.236. The van der Waals surface area contributed by atoms with Crippen molar-refractivity contribution in [1.29, 1.82) is 0 Å². The molecule has 0 aromatic heterocycles. The predicted molar refractivity (Wildman–Crippen MR) is 70.6 cm³/mol. The van der Waals surface area contributed by atoms with Gasteiger partial charge in [-0.15, -0.1) is 0 Å². The summed E-state index contributed by atoms with van der Waals surface area (Å²) >= 11 is 5.92. The van der Waals surface area contributed by atoms with Crippen LogP contribution in [-0.4, -0.2) is 0 Å². The van der Waals surface area contributed by atoms with E-state index < -0.39 is 5.82 Å². The van der Waals surface area contributed by atoms with Crippen LogP contribution in [-0.2, 0) is 6.54 Å². The van der Waals surface area contributed by atoms with Gasteiger partial charge in [-0.05, 0) is 36.8 Å². The van der Waals surface area contributed by atoms with Crippen LogP contribution >= 0.6 is 11.6 Å². The number of nitrogens with two attached hydrogens (primary N) is 1. The van der Waals surface area contributed by atoms with Gasteiger partial charge >= 0.3 is 0 Å². The molecule has 0 fully saturated rings. The summed E-state index contributed by atoms with van der Waals surface area (Å²) in [5.41, 5.74) is 7.58. The Morgan fingerprint density at radius 3 is 2.61 bits per heavy atom. The first-order valence-electron chi connectivity index (χ1n) is 5.52. The lowest BCUT2D eigenvalue weighted by molar-refractivity contribution is 0.474. The fraction of sp³-hybridized carbons (Fsp3) is 0.143. The van der Waals surface area contributed by atoms with Gasteiger partial charge in [0.1, 0.15) is 17.3 Å². The Kier molecular flexibility index (Phi) is 3.84. The van der Waals surface area contributed by atoms with Crippen LogP contribution in [0.5, 0.6) is 11.5 Å². The number of ether oxygens (including phenoxy) is 1. The van der Waals surface area contributed by atoms with E-state index in [-0.39, 0.29) is 5.02 Å². The van der Waals surface area contributed by atoms with Gasteiger partial charge in [0.25, 0.3) is 0 Å². The average Bonchev–Trinajstić information content (AvgIpc) is 2.33. The highest BCUT2D eigenvalue weighted by molar-refractivity contribution is 6.32. The quantitative estimate of drug-likeness (QED) is 0.909. The Morgan fingerprint density at radius 2 is 1.94 bits per heavy atom. The molecule has 0 heterocycles. The van der Waals surface area contributed by atoms with Gasteiger partial charge in [-0.1, -0.05) is 23.7 Å². The second kappa shape index (κ2) is 5.38. The summed E-state index contributed by atoms with van der Waals surface area (Å²) in [6.07, 6.45) is 0. The van der Waals surface area contributed by atoms with E-state index in [0.717, 1.165) is 11.1 Å². The van der Waals surface area contributed by atoms with E-state index >= 15 is 0 Å². The molecule has 4 heteroatoms. The van der Waals surface area contributed by atoms with Crippen LogP contribution < -0.4 is 10.5 Å². The highest BCUT2D eigenvalue weighted by atomic mass is 35.5. The molecule has 0 spiro atoms. The second-order valence-electron chi connectivity index (χ2n) is 3.99. The van der Waals surface area contributed by atoms with Gasteiger partial charge in [0.15, 0.2) is 0 Å². The summed E-state index contributed by atoms with van der Waals surface area (Å²) in [5, 5.41) is 0.236. The zero-order valence-electron chi connectivity index (χ0n) is 9.91. The van der Waals surface area contributed by atoms with Crippen LogP contribution in [0.4, 0.5) is 4.39 Å². The Balaban J connectivity index is 2.36. The van der Waals surface area contributed by atoms with Gasteiger partial charge in [-0.2, -0.15) is 0 Å². The van der Waals surface area contributed by atoms with Gasteiger partial charge in [-0.3, -0.25) is 0 Å². The van der Waals surface area contributed by atoms with Gasteiger partial charge < -0.3 is 10.5 Å². The van der Waals surface area contributed by atoms with Crippen LogP contribution in [0, 0.1) is 12.7 Å². The van der Waals surface area contributed by atoms with Crippen molar-refractivity contribution in [3.8, 4) is 11.5 Å². The third-order valence-corrected chi connectivity index (χ3v) is 2.85. The van der Waals surface area contributed by atoms with Crippen LogP contribution in [0.1, 0.15) is 11.1 Å². The van der Waals surface area contributed by atoms with Gasteiger partial charge in [0, 0.05) is 12.1 Å². The average molecular weight is 266 g/mol. The lowest BCUT2D eigenvalue weighted by atomic mass is 10.1. The summed E-state index contributed by atoms with van der Waals surface area (Å²) in [6, 6.07) is 9.76. The third kappa shape index (κ3) is 2.81. The first-order valence-corrected chi connectivity index (χ1v) is 5.90. The number of hydrogen-bond donors (Lipinski definition) is 1. The molecule has 0 bridgehead atoms. The molecule has 94 valence electrons. The standard InChI is InChI=1S/C14H13ClFNO/c1-9-2-3-10(8-17)14(6-9)18-13-5-4-11(16)7-12(13)15/h2-7H,8,17H2,1H3. The minimum Gasteiger partial charge on any atom is -0.455 e. The molecule has 0 aliphatic heterocycles. The van der Waals surface area contributed by atoms with Crippen LogP contribution in [0.15, 0.2) is 36.4 Å². The van der Waals surface area contributed by atoms with Crippen LogP contribution in [0.25, 0.3) is 0 Å². The van der Waals surface area contributed by atoms with E-state index in [4.69, 9.17) is 22.1 Å². The van der Waals surface area contributed by atoms with Gasteiger partial charge in [0.2, 0.25) is 0 Å². The van der Waals surface area contributed by atoms with Crippen molar-refractivity contribution in [3.63, 3.8) is 0 Å². The molecule has 18 heavy (non-hydrogen) atoms. The molecule has 0 aliphatic rings. The largest absolute Gasteiger partial charge is 0.455 e. The molecule has 2 aromatic carbocycles. The van der Waals surface area contributed by atoms with Crippen molar-refractivity contribution in [2.24, 2.45) is 5.73 Å². The summed E-state index contributed by atoms with van der Waals surface area (Å²) in [6.45, 7) is 2.33. The Labute approximate surface area is 110 Å². The van der Waals surface area contributed by atoms with Crippen molar-refractivity contribution in [1.82, 2.24) is 0 Å². The number of hydrogen-bond acceptors (Lipinski definition) is 2. The summed E-state index contributed by atoms with van der Waals surface area (Å²) < 4.78 is 18.6. The maximum Gasteiger partial charge on any atom is 0.146 e. The molecule has 2 rings (SSSR count). The zero-order chi connectivity index (χ0) is 13.1. The van der Waals surface area contributed by atoms with Crippen molar-refractivity contribution in [2.45, 2.75) is 13.5 Å². The lowest BCUT2D eigenvalue weighted by Gasteiger charge is -2.12. The molecule has 0 radical (unpaired) electrons. The summed E-state index contributed by atoms with van der Waals surface area (Å²) in [4.78, 5) is 0. The third-order valence-electron chi connectivity index (χ3n) is 2.56. The van der Waals surface area contributed by atoms with Crippen LogP contribution in [0.2, 0.25) is 5.02 Å². The highest BCUT2D eigenvalue weighted by Gasteiger charge is 2.08. The Hall–Kier alpha value is -1.58. The summed E-state index contributed by atoms with van der Waals surface area (Å²) in [7, 11) is 0. The predicted octanol–water partition coefficient (Wildman–Crippen LogP) is 4.04. The number of halogens is 2. The van der Waals surface area contributed by atoms with E-state index in [2.05, 4.69) is 0 Å². The smallest absolute Gasteiger partial charge is 0.146 e. The molecule has 0 aliphatic carbocycles. The number of aryl methyl sites for hydroxylation is 1. The van der Waals surface area contributed by atoms with Crippen molar-refractivity contribution >= 4 is 11.6 Å². The highest BCUT2D eigenvalue weighted by Crippen LogP contribution is 2.32. The van der Waals surface area contributed by atoms with Crippen molar-refractivity contribution in [3.05, 3.63) is 58.4 Å². The molecule has 0 amide bonds. The molecular weight excluding hydrogens is 253 g/mol. The molecule has 2 nitrogen and oxygen atoms in total. The molecule has 2 N–H and O–H groups in total. The molecule has 2 aromatic rings. The Bertz CT molecular complexity index is 572. The fourth-order valence-corrected chi connectivity index (χ4v) is 1.81. The molecule has 0 atom stereocenters. The molecule has 0 saturated heterocycles. The first-order chi connectivity index (χ1) is 8.60. The SMILES string of the molecule is Cc1ccc(CN)c(Oc2ccc(F)cc2Cl)c1. The normalized spacial score (nSPS) is 10.4. The fourth-order valence-electron chi connectivity index (χ4n) is 1.60. The maximum absolute atomic E-state index is 12.9. The van der Waals surface area contributed by atoms with Crippen molar-refractivity contribution in [2.75, 3.05) is 0 Å². The zero-order valence-corrected chi connectivity index (χ0v) is 10.7. The van der Waals surface area contributed by atoms with Gasteiger partial charge in [-0.25, -0.2) is 4.39 Å². The van der Waals surface area contributed by atoms with E-state index in [1.54, 1.807) is 0 Å². The molecule has 0 saturated carbocycles. The second-order valence-corrected chi connectivity index (χ2v) is 4.40. The van der Waals surface area contributed by atoms with E-state index in [1.165, 1.54) is 18.2 Å². The maximum atomic E-state index is 12.9. The Morgan fingerprint density at radius 1 is 1.17 bits per heavy atom. The van der Waals surface area contributed by atoms with E-state index in [9.17, 15) is 4.39 Å². The minimum atomic E-state index is -0.393. The van der Waals surface area contributed by atoms with E-state index in [1.807, 2.05) is 25.1 Å². The van der Waals surface area contributed by atoms with Gasteiger partial charge in [0.05, 0.1) is 5.02 Å².